The van der Waals surface area contributed by atoms with Crippen LogP contribution >= 0.6 is 0 Å². The lowest BCUT2D eigenvalue weighted by Gasteiger charge is -2.13. The van der Waals surface area contributed by atoms with Crippen LogP contribution in [-0.2, 0) is 4.74 Å². The minimum Gasteiger partial charge on any atom is -0.383 e. The van der Waals surface area contributed by atoms with Gasteiger partial charge in [-0.15, -0.1) is 0 Å². The van der Waals surface area contributed by atoms with Crippen LogP contribution in [0, 0.1) is 0 Å². The molecule has 1 rings (SSSR count). The van der Waals surface area contributed by atoms with Crippen LogP contribution in [-0.4, -0.2) is 31.8 Å². The van der Waals surface area contributed by atoms with E-state index in [9.17, 15) is 0 Å². The molecule has 78 valence electrons. The molecule has 0 aliphatic carbocycles. The predicted octanol–water partition coefficient (Wildman–Crippen LogP) is 1.57. The number of aromatic nitrogens is 1. The molecule has 0 bridgehead atoms. The van der Waals surface area contributed by atoms with Gasteiger partial charge >= 0.3 is 0 Å². The van der Waals surface area contributed by atoms with E-state index in [2.05, 4.69) is 22.5 Å². The van der Waals surface area contributed by atoms with E-state index in [1.807, 2.05) is 25.2 Å². The first-order valence-corrected chi connectivity index (χ1v) is 4.66. The molecule has 4 heteroatoms. The number of pyridine rings is 1. The fourth-order valence-electron chi connectivity index (χ4n) is 1.20. The van der Waals surface area contributed by atoms with E-state index in [1.54, 1.807) is 7.11 Å². The third-order valence-corrected chi connectivity index (χ3v) is 1.82. The highest BCUT2D eigenvalue weighted by Gasteiger charge is 2.01. The maximum Gasteiger partial charge on any atom is 0.128 e. The summed E-state index contributed by atoms with van der Waals surface area (Å²) in [4.78, 5) is 4.34. The second-order valence-corrected chi connectivity index (χ2v) is 3.16. The summed E-state index contributed by atoms with van der Waals surface area (Å²) in [6, 6.07) is 6.08. The van der Waals surface area contributed by atoms with Gasteiger partial charge in [-0.05, 0) is 19.1 Å². The van der Waals surface area contributed by atoms with Crippen molar-refractivity contribution in [2.24, 2.45) is 0 Å². The Morgan fingerprint density at radius 2 is 2.14 bits per heavy atom. The molecule has 0 amide bonds. The fraction of sp³-hybridized carbons (Fsp3) is 0.500. The maximum atomic E-state index is 5.03. The molecule has 0 saturated heterocycles. The number of methoxy groups -OCH3 is 1. The molecule has 0 saturated carbocycles. The lowest BCUT2D eigenvalue weighted by molar-refractivity contribution is 0.190. The Morgan fingerprint density at radius 3 is 2.79 bits per heavy atom. The first-order chi connectivity index (χ1) is 6.76. The molecular formula is C10H17N3O. The Bertz CT molecular complexity index is 278. The van der Waals surface area contributed by atoms with E-state index in [0.717, 1.165) is 11.6 Å². The first-order valence-electron chi connectivity index (χ1n) is 4.66. The van der Waals surface area contributed by atoms with Crippen molar-refractivity contribution in [3.05, 3.63) is 18.2 Å². The molecule has 0 aromatic carbocycles. The highest BCUT2D eigenvalue weighted by atomic mass is 16.5. The predicted molar refractivity (Wildman–Crippen MR) is 58.7 cm³/mol. The van der Waals surface area contributed by atoms with Gasteiger partial charge in [0.25, 0.3) is 0 Å². The molecule has 0 fully saturated rings. The van der Waals surface area contributed by atoms with E-state index in [1.165, 1.54) is 0 Å². The van der Waals surface area contributed by atoms with Crippen molar-refractivity contribution in [2.75, 3.05) is 31.4 Å². The van der Waals surface area contributed by atoms with Crippen molar-refractivity contribution >= 4 is 11.6 Å². The zero-order valence-corrected chi connectivity index (χ0v) is 8.87. The monoisotopic (exact) mass is 195 g/mol. The Labute approximate surface area is 84.7 Å². The lowest BCUT2D eigenvalue weighted by atomic mass is 10.3. The van der Waals surface area contributed by atoms with Gasteiger partial charge in [0.05, 0.1) is 6.61 Å². The van der Waals surface area contributed by atoms with Gasteiger partial charge in [0.1, 0.15) is 11.6 Å². The molecule has 0 spiro atoms. The standard InChI is InChI=1S/C10H17N3O/c1-8(7-14-3)12-10-6-4-5-9(11-2)13-10/h4-6,8H,7H2,1-3H3,(H2,11,12,13). The molecule has 1 aromatic rings. The van der Waals surface area contributed by atoms with Crippen molar-refractivity contribution < 1.29 is 4.74 Å². The van der Waals surface area contributed by atoms with E-state index >= 15 is 0 Å². The van der Waals surface area contributed by atoms with Crippen LogP contribution in [0.1, 0.15) is 6.92 Å². The molecule has 4 nitrogen and oxygen atoms in total. The van der Waals surface area contributed by atoms with Gasteiger partial charge in [-0.25, -0.2) is 4.98 Å². The second-order valence-electron chi connectivity index (χ2n) is 3.16. The molecule has 1 unspecified atom stereocenters. The third-order valence-electron chi connectivity index (χ3n) is 1.82. The lowest BCUT2D eigenvalue weighted by Crippen LogP contribution is -2.21. The minimum absolute atomic E-state index is 0.264. The number of nitrogens with one attached hydrogen (secondary N) is 2. The quantitative estimate of drug-likeness (QED) is 0.748. The molecule has 1 atom stereocenters. The van der Waals surface area contributed by atoms with Gasteiger partial charge in [-0.2, -0.15) is 0 Å². The van der Waals surface area contributed by atoms with Crippen LogP contribution in [0.2, 0.25) is 0 Å². The molecule has 0 radical (unpaired) electrons. The number of hydrogen-bond donors (Lipinski definition) is 2. The summed E-state index contributed by atoms with van der Waals surface area (Å²) in [7, 11) is 3.54. The molecule has 0 aliphatic heterocycles. The zero-order valence-electron chi connectivity index (χ0n) is 8.87. The summed E-state index contributed by atoms with van der Waals surface area (Å²) < 4.78 is 5.03. The summed E-state index contributed by atoms with van der Waals surface area (Å²) >= 11 is 0. The zero-order chi connectivity index (χ0) is 10.4. The average Bonchev–Trinajstić information content (AvgIpc) is 2.18. The molecule has 1 heterocycles. The Morgan fingerprint density at radius 1 is 1.43 bits per heavy atom. The van der Waals surface area contributed by atoms with E-state index < -0.39 is 0 Å². The first kappa shape index (κ1) is 10.8. The molecule has 14 heavy (non-hydrogen) atoms. The minimum atomic E-state index is 0.264. The molecule has 0 aliphatic rings. The average molecular weight is 195 g/mol. The van der Waals surface area contributed by atoms with Crippen molar-refractivity contribution in [1.29, 1.82) is 0 Å². The summed E-state index contributed by atoms with van der Waals surface area (Å²) in [5, 5.41) is 6.23. The van der Waals surface area contributed by atoms with Crippen molar-refractivity contribution in [1.82, 2.24) is 4.98 Å². The summed E-state index contributed by atoms with van der Waals surface area (Å²) in [5.74, 6) is 1.72. The number of hydrogen-bond acceptors (Lipinski definition) is 4. The SMILES string of the molecule is CNc1cccc(NC(C)COC)n1. The number of nitrogens with zero attached hydrogens (tertiary/aromatic N) is 1. The second kappa shape index (κ2) is 5.44. The Kier molecular flexibility index (Phi) is 4.19. The van der Waals surface area contributed by atoms with Crippen LogP contribution in [0.15, 0.2) is 18.2 Å². The Balaban J connectivity index is 2.57. The van der Waals surface area contributed by atoms with Crippen LogP contribution in [0.4, 0.5) is 11.6 Å². The van der Waals surface area contributed by atoms with Crippen LogP contribution in [0.25, 0.3) is 0 Å². The third kappa shape index (κ3) is 3.22. The van der Waals surface area contributed by atoms with E-state index in [-0.39, 0.29) is 6.04 Å². The maximum absolute atomic E-state index is 5.03. The topological polar surface area (TPSA) is 46.2 Å². The van der Waals surface area contributed by atoms with E-state index in [4.69, 9.17) is 4.74 Å². The smallest absolute Gasteiger partial charge is 0.128 e. The number of anilines is 2. The van der Waals surface area contributed by atoms with Gasteiger partial charge in [0, 0.05) is 20.2 Å². The summed E-state index contributed by atoms with van der Waals surface area (Å²) in [6.45, 7) is 2.72. The van der Waals surface area contributed by atoms with Crippen molar-refractivity contribution in [3.8, 4) is 0 Å². The van der Waals surface area contributed by atoms with Crippen LogP contribution in [0.5, 0.6) is 0 Å². The van der Waals surface area contributed by atoms with Gasteiger partial charge in [0.15, 0.2) is 0 Å². The summed E-state index contributed by atoms with van der Waals surface area (Å²) in [6.07, 6.45) is 0. The van der Waals surface area contributed by atoms with Crippen LogP contribution in [0.3, 0.4) is 0 Å². The molecular weight excluding hydrogens is 178 g/mol. The normalized spacial score (nSPS) is 12.2. The van der Waals surface area contributed by atoms with Gasteiger partial charge in [-0.3, -0.25) is 0 Å². The highest BCUT2D eigenvalue weighted by Crippen LogP contribution is 2.09. The molecule has 2 N–H and O–H groups in total. The fourth-order valence-corrected chi connectivity index (χ4v) is 1.20. The van der Waals surface area contributed by atoms with E-state index in [0.29, 0.717) is 6.61 Å². The highest BCUT2D eigenvalue weighted by molar-refractivity contribution is 5.45. The number of ether oxygens (including phenoxy) is 1. The Hall–Kier alpha value is -1.29. The molecule has 1 aromatic heterocycles. The van der Waals surface area contributed by atoms with Gasteiger partial charge < -0.3 is 15.4 Å². The largest absolute Gasteiger partial charge is 0.383 e. The van der Waals surface area contributed by atoms with Crippen molar-refractivity contribution in [2.45, 2.75) is 13.0 Å². The van der Waals surface area contributed by atoms with Crippen molar-refractivity contribution in [3.63, 3.8) is 0 Å². The van der Waals surface area contributed by atoms with Gasteiger partial charge in [0.2, 0.25) is 0 Å². The number of rotatable bonds is 5. The summed E-state index contributed by atoms with van der Waals surface area (Å²) in [5.41, 5.74) is 0. The van der Waals surface area contributed by atoms with Gasteiger partial charge in [-0.1, -0.05) is 6.07 Å². The van der Waals surface area contributed by atoms with Crippen LogP contribution < -0.4 is 10.6 Å².